The van der Waals surface area contributed by atoms with E-state index in [9.17, 15) is 0 Å². The van der Waals surface area contributed by atoms with Crippen molar-refractivity contribution in [2.24, 2.45) is 0 Å². The maximum Gasteiger partial charge on any atom is 0 e. The summed E-state index contributed by atoms with van der Waals surface area (Å²) >= 11 is 0. The zero-order chi connectivity index (χ0) is 0. The second-order valence-electron chi connectivity index (χ2n) is 0. The minimum atomic E-state index is 0. The van der Waals surface area contributed by atoms with E-state index < -0.39 is 0 Å². The van der Waals surface area contributed by atoms with Gasteiger partial charge in [-0.15, -0.1) is 0 Å². The molecule has 0 aliphatic carbocycles. The van der Waals surface area contributed by atoms with Crippen molar-refractivity contribution in [1.29, 1.82) is 0 Å². The van der Waals surface area contributed by atoms with Crippen molar-refractivity contribution in [1.82, 2.24) is 0 Å². The van der Waals surface area contributed by atoms with E-state index in [1.54, 1.807) is 0 Å². The fourth-order valence-electron chi connectivity index (χ4n) is 0. The summed E-state index contributed by atoms with van der Waals surface area (Å²) in [6.45, 7) is 0. The van der Waals surface area contributed by atoms with Gasteiger partial charge in [-0.05, 0) is 0 Å². The van der Waals surface area contributed by atoms with E-state index in [1.165, 1.54) is 0 Å². The first kappa shape index (κ1) is 112. The van der Waals surface area contributed by atoms with Gasteiger partial charge >= 0.3 is 97.8 Å². The van der Waals surface area contributed by atoms with Crippen LogP contribution in [-0.2, 0) is 38.8 Å². The van der Waals surface area contributed by atoms with E-state index in [-0.39, 0.29) is 164 Å². The molecule has 0 aromatic rings. The Balaban J connectivity index is 0. The van der Waals surface area contributed by atoms with Crippen LogP contribution in [0.1, 0.15) is 0 Å². The van der Waals surface area contributed by atoms with Gasteiger partial charge in [0.2, 0.25) is 0 Å². The Morgan fingerprint density at radius 2 is 0.444 bits per heavy atom. The largest absolute Gasteiger partial charge is 0 e. The van der Waals surface area contributed by atoms with Gasteiger partial charge in [-0.1, -0.05) is 0 Å². The normalized spacial score (nSPS) is 0. The van der Waals surface area contributed by atoms with Crippen molar-refractivity contribution >= 4 is 97.8 Å². The molecule has 0 spiro atoms. The molecule has 0 saturated heterocycles. The fourth-order valence-corrected chi connectivity index (χ4v) is 0. The molecular formula is H14Ba2FeO5Ti. The minimum absolute atomic E-state index is 0. The molecule has 9 heavy (non-hydrogen) atoms. The predicted molar refractivity (Wildman–Crippen MR) is 35.2 cm³/mol. The Morgan fingerprint density at radius 3 is 0.444 bits per heavy atom. The van der Waals surface area contributed by atoms with Crippen LogP contribution in [0.15, 0.2) is 0 Å². The van der Waals surface area contributed by atoms with Gasteiger partial charge in [0, 0.05) is 38.8 Å². The summed E-state index contributed by atoms with van der Waals surface area (Å²) in [5.41, 5.74) is 0. The van der Waals surface area contributed by atoms with E-state index >= 15 is 0 Å². The number of hydrogen-bond acceptors (Lipinski definition) is 0. The van der Waals surface area contributed by atoms with Crippen LogP contribution < -0.4 is 0 Å². The van der Waals surface area contributed by atoms with E-state index in [2.05, 4.69) is 0 Å². The van der Waals surface area contributed by atoms with Crippen molar-refractivity contribution < 1.29 is 66.2 Å². The van der Waals surface area contributed by atoms with Crippen LogP contribution in [0.3, 0.4) is 0 Å². The van der Waals surface area contributed by atoms with E-state index in [0.29, 0.717) is 0 Å². The zero-order valence-electron chi connectivity index (χ0n) is 3.35. The second-order valence-corrected chi connectivity index (χ2v) is 0. The maximum atomic E-state index is 0. The van der Waals surface area contributed by atoms with Gasteiger partial charge in [0.1, 0.15) is 0 Å². The molecule has 0 atom stereocenters. The smallest absolute Gasteiger partial charge is 0 e. The van der Waals surface area contributed by atoms with Crippen molar-refractivity contribution in [2.75, 3.05) is 0 Å². The van der Waals surface area contributed by atoms with Crippen LogP contribution in [-0.4, -0.2) is 125 Å². The number of rotatable bonds is 0. The summed E-state index contributed by atoms with van der Waals surface area (Å²) in [7, 11) is 0. The van der Waals surface area contributed by atoms with E-state index in [4.69, 9.17) is 0 Å². The second kappa shape index (κ2) is 87.2. The molecule has 0 aromatic heterocycles. The Kier molecular flexibility index (Phi) is 1090. The molecule has 60 valence electrons. The van der Waals surface area contributed by atoms with Crippen molar-refractivity contribution in [2.45, 2.75) is 0 Å². The standard InChI is InChI=1S/2Ba.Fe.5H2O.Ti.4H/h;;;5*1H2;;;;;. The van der Waals surface area contributed by atoms with Crippen LogP contribution >= 0.6 is 0 Å². The average Bonchev–Trinajstić information content (AvgIpc) is 0. The van der Waals surface area contributed by atoms with Crippen LogP contribution in [0.5, 0.6) is 0 Å². The van der Waals surface area contributed by atoms with Gasteiger partial charge in [0.25, 0.3) is 0 Å². The molecule has 0 unspecified atom stereocenters. The van der Waals surface area contributed by atoms with Gasteiger partial charge < -0.3 is 27.4 Å². The summed E-state index contributed by atoms with van der Waals surface area (Å²) in [4.78, 5) is 0. The quantitative estimate of drug-likeness (QED) is 0.308. The Bertz CT molecular complexity index is 14.9. The minimum Gasteiger partial charge on any atom is 0 e. The molecule has 0 saturated carbocycles. The third-order valence-electron chi connectivity index (χ3n) is 0. The molecular weight excluding hydrogens is 458 g/mol. The predicted octanol–water partition coefficient (Wildman–Crippen LogP) is -5.96. The molecule has 0 amide bonds. The van der Waals surface area contributed by atoms with Crippen molar-refractivity contribution in [3.63, 3.8) is 0 Å². The molecule has 0 radical (unpaired) electrons. The Hall–Kier alpha value is 4.18. The summed E-state index contributed by atoms with van der Waals surface area (Å²) < 4.78 is 0. The van der Waals surface area contributed by atoms with Gasteiger partial charge in [-0.3, -0.25) is 0 Å². The molecule has 0 bridgehead atoms. The SMILES string of the molecule is O.O.O.O.O.[BaH2].[BaH2].[Fe].[Ti]. The molecule has 0 aliphatic heterocycles. The van der Waals surface area contributed by atoms with Crippen molar-refractivity contribution in [3.8, 4) is 0 Å². The molecule has 0 aromatic carbocycles. The van der Waals surface area contributed by atoms with Gasteiger partial charge in [0.05, 0.1) is 0 Å². The molecule has 0 aliphatic rings. The summed E-state index contributed by atoms with van der Waals surface area (Å²) in [5.74, 6) is 0. The average molecular weight is 472 g/mol. The van der Waals surface area contributed by atoms with Crippen LogP contribution in [0.25, 0.3) is 0 Å². The third kappa shape index (κ3) is 72.3. The van der Waals surface area contributed by atoms with Crippen LogP contribution in [0.2, 0.25) is 0 Å². The molecule has 0 rings (SSSR count). The Morgan fingerprint density at radius 1 is 0.444 bits per heavy atom. The summed E-state index contributed by atoms with van der Waals surface area (Å²) in [6.07, 6.45) is 0. The number of hydrogen-bond donors (Lipinski definition) is 0. The Labute approximate surface area is 160 Å². The van der Waals surface area contributed by atoms with Gasteiger partial charge in [0.15, 0.2) is 0 Å². The third-order valence-corrected chi connectivity index (χ3v) is 0. The first-order chi connectivity index (χ1) is 0. The van der Waals surface area contributed by atoms with E-state index in [0.717, 1.165) is 0 Å². The first-order valence-electron chi connectivity index (χ1n) is 0. The molecule has 0 fully saturated rings. The summed E-state index contributed by atoms with van der Waals surface area (Å²) in [6, 6.07) is 0. The molecule has 5 nitrogen and oxygen atoms in total. The van der Waals surface area contributed by atoms with Crippen LogP contribution in [0, 0.1) is 0 Å². The summed E-state index contributed by atoms with van der Waals surface area (Å²) in [5, 5.41) is 0. The topological polar surface area (TPSA) is 158 Å². The molecule has 0 heterocycles. The molecule has 9 heteroatoms. The van der Waals surface area contributed by atoms with E-state index in [1.807, 2.05) is 0 Å². The first-order valence-corrected chi connectivity index (χ1v) is 0. The van der Waals surface area contributed by atoms with Crippen LogP contribution in [0.4, 0.5) is 0 Å². The van der Waals surface area contributed by atoms with Crippen molar-refractivity contribution in [3.05, 3.63) is 0 Å². The zero-order valence-corrected chi connectivity index (χ0v) is 6.02. The van der Waals surface area contributed by atoms with Gasteiger partial charge in [-0.2, -0.15) is 0 Å². The monoisotopic (exact) mass is 474 g/mol. The maximum absolute atomic E-state index is 0. The fraction of sp³-hybridized carbons (Fsp3) is 0. The molecule has 10 N–H and O–H groups in total. The van der Waals surface area contributed by atoms with Gasteiger partial charge in [-0.25, -0.2) is 0 Å².